The van der Waals surface area contributed by atoms with Crippen molar-refractivity contribution in [3.63, 3.8) is 0 Å². The SMILES string of the molecule is N=C(N)c1cc(Cl)ccc1OCCO. The van der Waals surface area contributed by atoms with E-state index in [-0.39, 0.29) is 19.0 Å². The number of nitrogens with two attached hydrogens (primary N) is 1. The van der Waals surface area contributed by atoms with Crippen LogP contribution in [0.25, 0.3) is 0 Å². The summed E-state index contributed by atoms with van der Waals surface area (Å²) in [5.41, 5.74) is 5.77. The van der Waals surface area contributed by atoms with Gasteiger partial charge in [0.15, 0.2) is 0 Å². The molecule has 14 heavy (non-hydrogen) atoms. The zero-order valence-electron chi connectivity index (χ0n) is 7.46. The Morgan fingerprint density at radius 2 is 2.29 bits per heavy atom. The molecule has 1 aromatic carbocycles. The minimum Gasteiger partial charge on any atom is -0.490 e. The van der Waals surface area contributed by atoms with E-state index in [1.807, 2.05) is 0 Å². The van der Waals surface area contributed by atoms with Gasteiger partial charge in [-0.25, -0.2) is 0 Å². The fourth-order valence-corrected chi connectivity index (χ4v) is 1.17. The maximum Gasteiger partial charge on any atom is 0.130 e. The third-order valence-electron chi connectivity index (χ3n) is 1.58. The molecular formula is C9H11ClN2O2. The van der Waals surface area contributed by atoms with Crippen LogP contribution in [-0.2, 0) is 0 Å². The van der Waals surface area contributed by atoms with Gasteiger partial charge in [-0.2, -0.15) is 0 Å². The average molecular weight is 215 g/mol. The van der Waals surface area contributed by atoms with E-state index in [1.165, 1.54) is 0 Å². The van der Waals surface area contributed by atoms with Crippen LogP contribution in [0.3, 0.4) is 0 Å². The highest BCUT2D eigenvalue weighted by molar-refractivity contribution is 6.31. The quantitative estimate of drug-likeness (QED) is 0.517. The molecule has 0 amide bonds. The third kappa shape index (κ3) is 2.61. The molecule has 4 N–H and O–H groups in total. The lowest BCUT2D eigenvalue weighted by atomic mass is 10.2. The lowest BCUT2D eigenvalue weighted by Gasteiger charge is -2.09. The van der Waals surface area contributed by atoms with Gasteiger partial charge >= 0.3 is 0 Å². The Hall–Kier alpha value is -1.26. The number of hydrogen-bond donors (Lipinski definition) is 3. The molecule has 0 radical (unpaired) electrons. The zero-order valence-corrected chi connectivity index (χ0v) is 8.21. The monoisotopic (exact) mass is 214 g/mol. The van der Waals surface area contributed by atoms with Gasteiger partial charge in [-0.3, -0.25) is 5.41 Å². The predicted molar refractivity (Wildman–Crippen MR) is 55.0 cm³/mol. The summed E-state index contributed by atoms with van der Waals surface area (Å²) in [4.78, 5) is 0. The minimum atomic E-state index is -0.111. The van der Waals surface area contributed by atoms with Crippen LogP contribution in [0.2, 0.25) is 5.02 Å². The van der Waals surface area contributed by atoms with E-state index in [9.17, 15) is 0 Å². The van der Waals surface area contributed by atoms with Crippen molar-refractivity contribution in [2.75, 3.05) is 13.2 Å². The second-order valence-corrected chi connectivity index (χ2v) is 3.06. The number of benzene rings is 1. The zero-order chi connectivity index (χ0) is 10.6. The molecule has 1 aromatic rings. The van der Waals surface area contributed by atoms with Crippen molar-refractivity contribution in [1.82, 2.24) is 0 Å². The molecule has 5 heteroatoms. The second kappa shape index (κ2) is 4.83. The van der Waals surface area contributed by atoms with Crippen molar-refractivity contribution >= 4 is 17.4 Å². The molecule has 0 bridgehead atoms. The summed E-state index contributed by atoms with van der Waals surface area (Å²) >= 11 is 5.74. The molecule has 0 aliphatic rings. The molecule has 0 heterocycles. The molecule has 0 atom stereocenters. The molecule has 0 spiro atoms. The van der Waals surface area contributed by atoms with Crippen molar-refractivity contribution in [1.29, 1.82) is 5.41 Å². The van der Waals surface area contributed by atoms with Crippen molar-refractivity contribution in [2.45, 2.75) is 0 Å². The van der Waals surface area contributed by atoms with E-state index in [0.717, 1.165) is 0 Å². The van der Waals surface area contributed by atoms with Crippen LogP contribution in [0.15, 0.2) is 18.2 Å². The number of hydrogen-bond acceptors (Lipinski definition) is 3. The second-order valence-electron chi connectivity index (χ2n) is 2.63. The summed E-state index contributed by atoms with van der Waals surface area (Å²) in [6.45, 7) is 0.0852. The van der Waals surface area contributed by atoms with Gasteiger partial charge in [0.25, 0.3) is 0 Å². The van der Waals surface area contributed by atoms with E-state index in [1.54, 1.807) is 18.2 Å². The number of rotatable bonds is 4. The average Bonchev–Trinajstić information content (AvgIpc) is 2.15. The number of ether oxygens (including phenoxy) is 1. The number of nitrogens with one attached hydrogen (secondary N) is 1. The fraction of sp³-hybridized carbons (Fsp3) is 0.222. The molecule has 0 saturated heterocycles. The van der Waals surface area contributed by atoms with Gasteiger partial charge < -0.3 is 15.6 Å². The first kappa shape index (κ1) is 10.8. The highest BCUT2D eigenvalue weighted by Crippen LogP contribution is 2.22. The van der Waals surface area contributed by atoms with Crippen LogP contribution in [0.1, 0.15) is 5.56 Å². The first-order valence-electron chi connectivity index (χ1n) is 4.02. The van der Waals surface area contributed by atoms with Crippen molar-refractivity contribution in [3.8, 4) is 5.75 Å². The van der Waals surface area contributed by atoms with E-state index in [2.05, 4.69) is 0 Å². The molecule has 0 aromatic heterocycles. The van der Waals surface area contributed by atoms with Gasteiger partial charge in [-0.05, 0) is 18.2 Å². The minimum absolute atomic E-state index is 0.0834. The first-order chi connectivity index (χ1) is 6.65. The molecule has 0 aliphatic heterocycles. The van der Waals surface area contributed by atoms with Crippen molar-refractivity contribution < 1.29 is 9.84 Å². The van der Waals surface area contributed by atoms with Gasteiger partial charge in [0.2, 0.25) is 0 Å². The number of halogens is 1. The largest absolute Gasteiger partial charge is 0.490 e. The summed E-state index contributed by atoms with van der Waals surface area (Å²) in [5.74, 6) is 0.344. The third-order valence-corrected chi connectivity index (χ3v) is 1.82. The van der Waals surface area contributed by atoms with Crippen LogP contribution >= 0.6 is 11.6 Å². The van der Waals surface area contributed by atoms with Gasteiger partial charge in [0, 0.05) is 5.02 Å². The van der Waals surface area contributed by atoms with Crippen molar-refractivity contribution in [3.05, 3.63) is 28.8 Å². The summed E-state index contributed by atoms with van der Waals surface area (Å²) in [6.07, 6.45) is 0. The lowest BCUT2D eigenvalue weighted by Crippen LogP contribution is -2.14. The van der Waals surface area contributed by atoms with E-state index in [0.29, 0.717) is 16.3 Å². The van der Waals surface area contributed by atoms with Crippen molar-refractivity contribution in [2.24, 2.45) is 5.73 Å². The Balaban J connectivity index is 2.96. The number of nitrogen functional groups attached to an aromatic ring is 1. The van der Waals surface area contributed by atoms with Crippen LogP contribution in [0, 0.1) is 5.41 Å². The lowest BCUT2D eigenvalue weighted by molar-refractivity contribution is 0.201. The normalized spacial score (nSPS) is 9.86. The van der Waals surface area contributed by atoms with E-state index < -0.39 is 0 Å². The molecule has 4 nitrogen and oxygen atoms in total. The molecule has 0 unspecified atom stereocenters. The highest BCUT2D eigenvalue weighted by Gasteiger charge is 2.06. The summed E-state index contributed by atoms with van der Waals surface area (Å²) in [6, 6.07) is 4.81. The molecule has 0 aliphatic carbocycles. The van der Waals surface area contributed by atoms with Gasteiger partial charge in [0.1, 0.15) is 18.2 Å². The van der Waals surface area contributed by atoms with Crippen LogP contribution in [0.5, 0.6) is 5.75 Å². The Kier molecular flexibility index (Phi) is 3.73. The van der Waals surface area contributed by atoms with Gasteiger partial charge in [0.05, 0.1) is 12.2 Å². The number of aliphatic hydroxyl groups is 1. The topological polar surface area (TPSA) is 79.3 Å². The molecule has 0 saturated carbocycles. The number of aliphatic hydroxyl groups excluding tert-OH is 1. The maximum absolute atomic E-state index is 8.58. The maximum atomic E-state index is 8.58. The standard InChI is InChI=1S/C9H11ClN2O2/c10-6-1-2-8(14-4-3-13)7(5-6)9(11)12/h1-2,5,13H,3-4H2,(H3,11,12). The van der Waals surface area contributed by atoms with Gasteiger partial charge in [-0.1, -0.05) is 11.6 Å². The number of amidine groups is 1. The predicted octanol–water partition coefficient (Wildman–Crippen LogP) is 0.995. The molecule has 76 valence electrons. The fourth-order valence-electron chi connectivity index (χ4n) is 0.994. The van der Waals surface area contributed by atoms with Crippen LogP contribution < -0.4 is 10.5 Å². The first-order valence-corrected chi connectivity index (χ1v) is 4.40. The smallest absolute Gasteiger partial charge is 0.130 e. The summed E-state index contributed by atoms with van der Waals surface area (Å²) in [5, 5.41) is 16.4. The Bertz CT molecular complexity index is 342. The van der Waals surface area contributed by atoms with E-state index in [4.69, 9.17) is 32.6 Å². The Morgan fingerprint density at radius 1 is 1.57 bits per heavy atom. The highest BCUT2D eigenvalue weighted by atomic mass is 35.5. The summed E-state index contributed by atoms with van der Waals surface area (Å²) in [7, 11) is 0. The van der Waals surface area contributed by atoms with E-state index >= 15 is 0 Å². The van der Waals surface area contributed by atoms with Crippen LogP contribution in [-0.4, -0.2) is 24.2 Å². The molecule has 0 fully saturated rings. The Morgan fingerprint density at radius 3 is 2.86 bits per heavy atom. The summed E-state index contributed by atoms with van der Waals surface area (Å²) < 4.78 is 5.17. The Labute approximate surface area is 86.8 Å². The van der Waals surface area contributed by atoms with Gasteiger partial charge in [-0.15, -0.1) is 0 Å². The van der Waals surface area contributed by atoms with Crippen LogP contribution in [0.4, 0.5) is 0 Å². The molecular weight excluding hydrogens is 204 g/mol. The molecule has 1 rings (SSSR count).